The number of halogens is 1. The Labute approximate surface area is 97.2 Å². The Hall–Kier alpha value is -0.680. The van der Waals surface area contributed by atoms with E-state index in [0.29, 0.717) is 23.5 Å². The number of nitrogens with zero attached hydrogens (tertiary/aromatic N) is 1. The lowest BCUT2D eigenvalue weighted by Gasteiger charge is -2.09. The number of H-pyrrole nitrogens is 1. The first kappa shape index (κ1) is 12.4. The smallest absolute Gasteiger partial charge is 0.265 e. The lowest BCUT2D eigenvalue weighted by atomic mass is 10.1. The van der Waals surface area contributed by atoms with Crippen LogP contribution in [0.2, 0.25) is 0 Å². The molecule has 0 radical (unpaired) electrons. The average molecular weight is 275 g/mol. The van der Waals surface area contributed by atoms with Crippen LogP contribution in [0, 0.1) is 0 Å². The average Bonchev–Trinajstić information content (AvgIpc) is 2.19. The molecule has 0 aromatic carbocycles. The normalized spacial score (nSPS) is 11.0. The molecule has 0 bridgehead atoms. The molecule has 0 amide bonds. The van der Waals surface area contributed by atoms with Crippen molar-refractivity contribution in [2.45, 2.75) is 33.3 Å². The topological polar surface area (TPSA) is 55.0 Å². The third kappa shape index (κ3) is 3.14. The van der Waals surface area contributed by atoms with Gasteiger partial charge in [0.15, 0.2) is 0 Å². The second-order valence-electron chi connectivity index (χ2n) is 3.50. The number of rotatable bonds is 4. The summed E-state index contributed by atoms with van der Waals surface area (Å²) in [5.41, 5.74) is 0.622. The van der Waals surface area contributed by atoms with Crippen LogP contribution < -0.4 is 5.56 Å². The van der Waals surface area contributed by atoms with E-state index in [-0.39, 0.29) is 11.5 Å². The lowest BCUT2D eigenvalue weighted by Crippen LogP contribution is -2.17. The summed E-state index contributed by atoms with van der Waals surface area (Å²) in [6.07, 6.45) is 0. The Bertz CT molecular complexity index is 387. The highest BCUT2D eigenvalue weighted by Crippen LogP contribution is 2.18. The van der Waals surface area contributed by atoms with Crippen LogP contribution >= 0.6 is 15.9 Å². The molecular formula is C10H15BrN2O2. The molecule has 1 heterocycles. The molecule has 1 N–H and O–H groups in total. The van der Waals surface area contributed by atoms with Crippen LogP contribution in [0.4, 0.5) is 0 Å². The highest BCUT2D eigenvalue weighted by molar-refractivity contribution is 9.10. The fraction of sp³-hybridized carbons (Fsp3) is 0.600. The van der Waals surface area contributed by atoms with Gasteiger partial charge in [0.05, 0.1) is 5.69 Å². The summed E-state index contributed by atoms with van der Waals surface area (Å²) in [6, 6.07) is 0. The summed E-state index contributed by atoms with van der Waals surface area (Å²) in [5.74, 6) is 0.788. The van der Waals surface area contributed by atoms with E-state index in [1.807, 2.05) is 20.8 Å². The molecule has 0 aliphatic heterocycles. The fourth-order valence-electron chi connectivity index (χ4n) is 1.17. The monoisotopic (exact) mass is 274 g/mol. The Kier molecular flexibility index (Phi) is 4.47. The van der Waals surface area contributed by atoms with Gasteiger partial charge in [-0.2, -0.15) is 0 Å². The van der Waals surface area contributed by atoms with Crippen LogP contribution in [-0.2, 0) is 11.3 Å². The number of nitrogens with one attached hydrogen (secondary N) is 1. The second-order valence-corrected chi connectivity index (χ2v) is 4.30. The number of hydrogen-bond donors (Lipinski definition) is 1. The zero-order chi connectivity index (χ0) is 11.4. The van der Waals surface area contributed by atoms with Gasteiger partial charge in [-0.1, -0.05) is 13.8 Å². The van der Waals surface area contributed by atoms with E-state index < -0.39 is 0 Å². The minimum atomic E-state index is -0.150. The summed E-state index contributed by atoms with van der Waals surface area (Å²) in [6.45, 7) is 6.85. The van der Waals surface area contributed by atoms with Gasteiger partial charge in [-0.3, -0.25) is 4.79 Å². The Morgan fingerprint density at radius 3 is 2.73 bits per heavy atom. The minimum absolute atomic E-state index is 0.150. The molecule has 0 atom stereocenters. The summed E-state index contributed by atoms with van der Waals surface area (Å²) in [4.78, 5) is 18.5. The van der Waals surface area contributed by atoms with E-state index in [9.17, 15) is 4.79 Å². The van der Waals surface area contributed by atoms with Gasteiger partial charge in [0.1, 0.15) is 16.9 Å². The van der Waals surface area contributed by atoms with Crippen LogP contribution in [0.15, 0.2) is 9.27 Å². The molecule has 0 fully saturated rings. The van der Waals surface area contributed by atoms with E-state index >= 15 is 0 Å². The Morgan fingerprint density at radius 2 is 2.20 bits per heavy atom. The highest BCUT2D eigenvalue weighted by atomic mass is 79.9. The van der Waals surface area contributed by atoms with E-state index in [1.165, 1.54) is 0 Å². The van der Waals surface area contributed by atoms with Gasteiger partial charge >= 0.3 is 0 Å². The quantitative estimate of drug-likeness (QED) is 0.916. The maximum absolute atomic E-state index is 11.5. The zero-order valence-electron chi connectivity index (χ0n) is 9.13. The Morgan fingerprint density at radius 1 is 1.53 bits per heavy atom. The molecule has 1 aromatic rings. The van der Waals surface area contributed by atoms with Crippen LogP contribution in [-0.4, -0.2) is 16.6 Å². The van der Waals surface area contributed by atoms with Crippen molar-refractivity contribution >= 4 is 15.9 Å². The molecule has 0 spiro atoms. The van der Waals surface area contributed by atoms with Crippen molar-refractivity contribution in [1.29, 1.82) is 0 Å². The first-order valence-corrected chi connectivity index (χ1v) is 5.71. The predicted molar refractivity (Wildman–Crippen MR) is 62.0 cm³/mol. The summed E-state index contributed by atoms with van der Waals surface area (Å²) in [5, 5.41) is 0. The number of ether oxygens (including phenoxy) is 1. The van der Waals surface area contributed by atoms with Gasteiger partial charge < -0.3 is 9.72 Å². The molecule has 15 heavy (non-hydrogen) atoms. The van der Waals surface area contributed by atoms with Gasteiger partial charge in [-0.25, -0.2) is 4.98 Å². The van der Waals surface area contributed by atoms with Crippen molar-refractivity contribution in [3.05, 3.63) is 26.3 Å². The van der Waals surface area contributed by atoms with E-state index in [1.54, 1.807) is 0 Å². The molecule has 0 aliphatic rings. The van der Waals surface area contributed by atoms with Gasteiger partial charge in [-0.15, -0.1) is 0 Å². The summed E-state index contributed by atoms with van der Waals surface area (Å²) >= 11 is 3.24. The van der Waals surface area contributed by atoms with Gasteiger partial charge in [0.25, 0.3) is 5.56 Å². The molecule has 0 saturated carbocycles. The summed E-state index contributed by atoms with van der Waals surface area (Å²) < 4.78 is 5.71. The number of hydrogen-bond acceptors (Lipinski definition) is 3. The lowest BCUT2D eigenvalue weighted by molar-refractivity contribution is 0.128. The minimum Gasteiger partial charge on any atom is -0.374 e. The molecular weight excluding hydrogens is 260 g/mol. The maximum atomic E-state index is 11.5. The molecule has 0 saturated heterocycles. The molecule has 0 unspecified atom stereocenters. The van der Waals surface area contributed by atoms with Crippen molar-refractivity contribution in [3.8, 4) is 0 Å². The molecule has 1 rings (SSSR count). The van der Waals surface area contributed by atoms with Crippen molar-refractivity contribution in [2.24, 2.45) is 0 Å². The van der Waals surface area contributed by atoms with Crippen LogP contribution in [0.1, 0.15) is 38.2 Å². The first-order valence-electron chi connectivity index (χ1n) is 4.92. The molecule has 5 heteroatoms. The van der Waals surface area contributed by atoms with Gasteiger partial charge in [0.2, 0.25) is 0 Å². The fourth-order valence-corrected chi connectivity index (χ4v) is 1.82. The molecule has 1 aromatic heterocycles. The molecule has 0 aliphatic carbocycles. The molecule has 4 nitrogen and oxygen atoms in total. The van der Waals surface area contributed by atoms with Gasteiger partial charge in [-0.05, 0) is 28.8 Å². The van der Waals surface area contributed by atoms with Crippen molar-refractivity contribution in [3.63, 3.8) is 0 Å². The number of aromatic amines is 1. The zero-order valence-corrected chi connectivity index (χ0v) is 10.7. The van der Waals surface area contributed by atoms with Crippen LogP contribution in [0.25, 0.3) is 0 Å². The SMILES string of the molecule is CCOCc1nc(C(C)C)c(Br)c(=O)[nH]1. The van der Waals surface area contributed by atoms with Crippen LogP contribution in [0.5, 0.6) is 0 Å². The highest BCUT2D eigenvalue weighted by Gasteiger charge is 2.11. The van der Waals surface area contributed by atoms with Gasteiger partial charge in [0, 0.05) is 6.61 Å². The summed E-state index contributed by atoms with van der Waals surface area (Å²) in [7, 11) is 0. The molecule has 84 valence electrons. The second kappa shape index (κ2) is 5.42. The maximum Gasteiger partial charge on any atom is 0.265 e. The van der Waals surface area contributed by atoms with E-state index in [4.69, 9.17) is 4.74 Å². The third-order valence-electron chi connectivity index (χ3n) is 1.93. The van der Waals surface area contributed by atoms with E-state index in [0.717, 1.165) is 5.69 Å². The van der Waals surface area contributed by atoms with Crippen LogP contribution in [0.3, 0.4) is 0 Å². The van der Waals surface area contributed by atoms with Crippen molar-refractivity contribution in [1.82, 2.24) is 9.97 Å². The predicted octanol–water partition coefficient (Wildman–Crippen LogP) is 2.19. The number of aromatic nitrogens is 2. The van der Waals surface area contributed by atoms with Crippen molar-refractivity contribution < 1.29 is 4.74 Å². The van der Waals surface area contributed by atoms with E-state index in [2.05, 4.69) is 25.9 Å². The standard InChI is InChI=1S/C10H15BrN2O2/c1-4-15-5-7-12-9(6(2)3)8(11)10(14)13-7/h6H,4-5H2,1-3H3,(H,12,13,14). The first-order chi connectivity index (χ1) is 7.06. The largest absolute Gasteiger partial charge is 0.374 e. The Balaban J connectivity index is 3.06. The van der Waals surface area contributed by atoms with Crippen molar-refractivity contribution in [2.75, 3.05) is 6.61 Å². The third-order valence-corrected chi connectivity index (χ3v) is 2.69.